The maximum atomic E-state index is 13.3. The summed E-state index contributed by atoms with van der Waals surface area (Å²) in [5.41, 5.74) is 2.12. The summed E-state index contributed by atoms with van der Waals surface area (Å²) in [6.45, 7) is 2.59. The van der Waals surface area contributed by atoms with E-state index < -0.39 is 0 Å². The number of rotatable bonds is 2. The third-order valence-corrected chi connectivity index (χ3v) is 6.08. The molecule has 0 radical (unpaired) electrons. The monoisotopic (exact) mass is 452 g/mol. The molecule has 1 saturated heterocycles. The highest BCUT2D eigenvalue weighted by molar-refractivity contribution is 6.31. The summed E-state index contributed by atoms with van der Waals surface area (Å²) in [4.78, 5) is 34.9. The lowest BCUT2D eigenvalue weighted by Gasteiger charge is -2.36. The number of carbonyl (C=O) groups excluding carboxylic acids is 1. The highest BCUT2D eigenvalue weighted by Crippen LogP contribution is 2.21. The molecule has 3 heterocycles. The number of fused-ring (bicyclic) bond motifs is 2. The van der Waals surface area contributed by atoms with Crippen molar-refractivity contribution < 1.29 is 4.79 Å². The van der Waals surface area contributed by atoms with Crippen molar-refractivity contribution in [3.63, 3.8) is 0 Å². The Morgan fingerprint density at radius 3 is 2.35 bits per heavy atom. The minimum atomic E-state index is -0.246. The van der Waals surface area contributed by atoms with E-state index in [1.54, 1.807) is 41.4 Å². The molecular formula is C23H18Cl2N4O2. The molecule has 1 fully saturated rings. The molecular weight excluding hydrogens is 435 g/mol. The Morgan fingerprint density at radius 2 is 1.61 bits per heavy atom. The SMILES string of the molecule is O=C(c1cccn2c(=O)c3cc(Cl)ccc3nc12)N1CCN(c2ccc(Cl)cc2)CC1. The molecule has 4 aromatic rings. The van der Waals surface area contributed by atoms with Crippen LogP contribution in [0.4, 0.5) is 5.69 Å². The maximum Gasteiger partial charge on any atom is 0.265 e. The zero-order chi connectivity index (χ0) is 21.5. The quantitative estimate of drug-likeness (QED) is 0.429. The van der Waals surface area contributed by atoms with Crippen LogP contribution in [0.15, 0.2) is 65.6 Å². The molecule has 31 heavy (non-hydrogen) atoms. The molecule has 6 nitrogen and oxygen atoms in total. The molecule has 0 saturated carbocycles. The molecule has 5 rings (SSSR count). The summed E-state index contributed by atoms with van der Waals surface area (Å²) in [5, 5.41) is 1.59. The largest absolute Gasteiger partial charge is 0.368 e. The second-order valence-corrected chi connectivity index (χ2v) is 8.32. The maximum absolute atomic E-state index is 13.3. The minimum absolute atomic E-state index is 0.130. The van der Waals surface area contributed by atoms with Gasteiger partial charge in [0.05, 0.1) is 16.5 Å². The van der Waals surface area contributed by atoms with E-state index in [1.807, 2.05) is 24.3 Å². The minimum Gasteiger partial charge on any atom is -0.368 e. The standard InChI is InChI=1S/C23H18Cl2N4O2/c24-15-3-6-17(7-4-15)27-10-12-28(13-11-27)22(30)18-2-1-9-29-21(18)26-20-8-5-16(25)14-19(20)23(29)31/h1-9,14H,10-13H2. The fourth-order valence-corrected chi connectivity index (χ4v) is 4.25. The smallest absolute Gasteiger partial charge is 0.265 e. The van der Waals surface area contributed by atoms with Gasteiger partial charge in [0.25, 0.3) is 11.5 Å². The molecule has 0 bridgehead atoms. The van der Waals surface area contributed by atoms with Crippen LogP contribution in [-0.4, -0.2) is 46.4 Å². The van der Waals surface area contributed by atoms with E-state index in [1.165, 1.54) is 4.40 Å². The summed E-state index contributed by atoms with van der Waals surface area (Å²) in [6.07, 6.45) is 1.63. The third kappa shape index (κ3) is 3.62. The fraction of sp³-hybridized carbons (Fsp3) is 0.174. The molecule has 8 heteroatoms. The van der Waals surface area contributed by atoms with Gasteiger partial charge in [-0.2, -0.15) is 0 Å². The van der Waals surface area contributed by atoms with Crippen molar-refractivity contribution in [2.24, 2.45) is 0 Å². The molecule has 1 aliphatic heterocycles. The lowest BCUT2D eigenvalue weighted by molar-refractivity contribution is 0.0748. The number of anilines is 1. The van der Waals surface area contributed by atoms with Crippen LogP contribution in [0.1, 0.15) is 10.4 Å². The second kappa shape index (κ2) is 7.87. The Kier molecular flexibility index (Phi) is 5.04. The molecule has 1 amide bonds. The average molecular weight is 453 g/mol. The van der Waals surface area contributed by atoms with Gasteiger partial charge in [0.15, 0.2) is 5.65 Å². The topological polar surface area (TPSA) is 57.9 Å². The van der Waals surface area contributed by atoms with Gasteiger partial charge in [-0.05, 0) is 54.6 Å². The van der Waals surface area contributed by atoms with Gasteiger partial charge in [0, 0.05) is 48.1 Å². The van der Waals surface area contributed by atoms with Crippen molar-refractivity contribution in [1.82, 2.24) is 14.3 Å². The summed E-state index contributed by atoms with van der Waals surface area (Å²) < 4.78 is 1.41. The Bertz CT molecular complexity index is 1360. The van der Waals surface area contributed by atoms with Gasteiger partial charge in [-0.3, -0.25) is 14.0 Å². The highest BCUT2D eigenvalue weighted by Gasteiger charge is 2.24. The number of hydrogen-bond acceptors (Lipinski definition) is 4. The van der Waals surface area contributed by atoms with Gasteiger partial charge in [-0.1, -0.05) is 23.2 Å². The number of pyridine rings is 1. The molecule has 0 atom stereocenters. The molecule has 0 unspecified atom stereocenters. The number of piperazine rings is 1. The van der Waals surface area contributed by atoms with E-state index in [0.717, 1.165) is 5.69 Å². The Hall–Kier alpha value is -3.09. The van der Waals surface area contributed by atoms with E-state index in [-0.39, 0.29) is 11.5 Å². The second-order valence-electron chi connectivity index (χ2n) is 7.45. The van der Waals surface area contributed by atoms with Gasteiger partial charge in [0.2, 0.25) is 0 Å². The van der Waals surface area contributed by atoms with Crippen molar-refractivity contribution >= 4 is 51.3 Å². The molecule has 156 valence electrons. The van der Waals surface area contributed by atoms with E-state index in [4.69, 9.17) is 23.2 Å². The van der Waals surface area contributed by atoms with Crippen LogP contribution in [0, 0.1) is 0 Å². The number of amides is 1. The lowest BCUT2D eigenvalue weighted by Crippen LogP contribution is -2.49. The van der Waals surface area contributed by atoms with Crippen LogP contribution in [-0.2, 0) is 0 Å². The van der Waals surface area contributed by atoms with Crippen molar-refractivity contribution in [2.45, 2.75) is 0 Å². The van der Waals surface area contributed by atoms with Gasteiger partial charge < -0.3 is 9.80 Å². The fourth-order valence-electron chi connectivity index (χ4n) is 3.96. The van der Waals surface area contributed by atoms with Crippen LogP contribution in [0.5, 0.6) is 0 Å². The van der Waals surface area contributed by atoms with Crippen molar-refractivity contribution in [1.29, 1.82) is 0 Å². The van der Waals surface area contributed by atoms with E-state index >= 15 is 0 Å². The zero-order valence-electron chi connectivity index (χ0n) is 16.5. The number of carbonyl (C=O) groups is 1. The Morgan fingerprint density at radius 1 is 0.903 bits per heavy atom. The Balaban J connectivity index is 1.45. The van der Waals surface area contributed by atoms with Crippen molar-refractivity contribution in [2.75, 3.05) is 31.1 Å². The summed E-state index contributed by atoms with van der Waals surface area (Å²) >= 11 is 12.0. The first-order valence-corrected chi connectivity index (χ1v) is 10.7. The number of aromatic nitrogens is 2. The first kappa shape index (κ1) is 19.8. The van der Waals surface area contributed by atoms with Gasteiger partial charge in [0.1, 0.15) is 0 Å². The molecule has 0 aliphatic carbocycles. The van der Waals surface area contributed by atoms with Crippen LogP contribution < -0.4 is 10.5 Å². The molecule has 2 aromatic heterocycles. The number of benzene rings is 2. The number of hydrogen-bond donors (Lipinski definition) is 0. The van der Waals surface area contributed by atoms with Crippen molar-refractivity contribution in [3.05, 3.63) is 86.8 Å². The van der Waals surface area contributed by atoms with Crippen LogP contribution in [0.25, 0.3) is 16.6 Å². The molecule has 0 spiro atoms. The summed E-state index contributed by atoms with van der Waals surface area (Å²) in [5.74, 6) is -0.130. The molecule has 2 aromatic carbocycles. The summed E-state index contributed by atoms with van der Waals surface area (Å²) in [7, 11) is 0. The van der Waals surface area contributed by atoms with Crippen LogP contribution >= 0.6 is 23.2 Å². The van der Waals surface area contributed by atoms with Gasteiger partial charge in [-0.15, -0.1) is 0 Å². The number of halogens is 2. The first-order chi connectivity index (χ1) is 15.0. The van der Waals surface area contributed by atoms with Crippen LogP contribution in [0.3, 0.4) is 0 Å². The Labute approximate surface area is 188 Å². The van der Waals surface area contributed by atoms with E-state index in [9.17, 15) is 9.59 Å². The third-order valence-electron chi connectivity index (χ3n) is 5.59. The van der Waals surface area contributed by atoms with Gasteiger partial charge in [-0.25, -0.2) is 4.98 Å². The zero-order valence-corrected chi connectivity index (χ0v) is 18.0. The van der Waals surface area contributed by atoms with Gasteiger partial charge >= 0.3 is 0 Å². The average Bonchev–Trinajstić information content (AvgIpc) is 2.80. The normalized spacial score (nSPS) is 14.4. The molecule has 1 aliphatic rings. The van der Waals surface area contributed by atoms with Crippen molar-refractivity contribution in [3.8, 4) is 0 Å². The predicted molar refractivity (Wildman–Crippen MR) is 124 cm³/mol. The highest BCUT2D eigenvalue weighted by atomic mass is 35.5. The van der Waals surface area contributed by atoms with E-state index in [0.29, 0.717) is 58.3 Å². The first-order valence-electron chi connectivity index (χ1n) is 9.92. The summed E-state index contributed by atoms with van der Waals surface area (Å²) in [6, 6.07) is 16.1. The molecule has 0 N–H and O–H groups in total. The van der Waals surface area contributed by atoms with E-state index in [2.05, 4.69) is 9.88 Å². The predicted octanol–water partition coefficient (Wildman–Crippen LogP) is 4.12. The lowest BCUT2D eigenvalue weighted by atomic mass is 10.1. The van der Waals surface area contributed by atoms with Crippen LogP contribution in [0.2, 0.25) is 10.0 Å². The number of nitrogens with zero attached hydrogens (tertiary/aromatic N) is 4.